The molecule has 0 heterocycles. The van der Waals surface area contributed by atoms with Gasteiger partial charge in [-0.25, -0.2) is 0 Å². The summed E-state index contributed by atoms with van der Waals surface area (Å²) in [5, 5.41) is 4.78. The van der Waals surface area contributed by atoms with E-state index in [2.05, 4.69) is 19.2 Å². The highest BCUT2D eigenvalue weighted by Gasteiger charge is 2.12. The molecule has 0 aliphatic carbocycles. The van der Waals surface area contributed by atoms with Gasteiger partial charge >= 0.3 is 0 Å². The molecule has 1 N–H and O–H groups in total. The zero-order valence-corrected chi connectivity index (χ0v) is 11.7. The van der Waals surface area contributed by atoms with E-state index in [-0.39, 0.29) is 0 Å². The number of alkyl halides is 1. The second-order valence-corrected chi connectivity index (χ2v) is 5.12. The highest BCUT2D eigenvalue weighted by molar-refractivity contribution is 6.35. The van der Waals surface area contributed by atoms with E-state index >= 15 is 0 Å². The minimum absolute atomic E-state index is 0.338. The minimum atomic E-state index is 0.338. The van der Waals surface area contributed by atoms with Crippen LogP contribution in [0.5, 0.6) is 0 Å². The standard InChI is InChI=1S/C12H16Cl3N/c1-8(6-13)9(2)16-7-10-11(14)4-3-5-12(10)15/h3-5,8-9,16H,6-7H2,1-2H3. The van der Waals surface area contributed by atoms with Gasteiger partial charge in [0.2, 0.25) is 0 Å². The molecule has 0 saturated heterocycles. The van der Waals surface area contributed by atoms with Crippen LogP contribution in [0.1, 0.15) is 19.4 Å². The van der Waals surface area contributed by atoms with Crippen molar-refractivity contribution in [3.8, 4) is 0 Å². The SMILES string of the molecule is CC(CCl)C(C)NCc1c(Cl)cccc1Cl. The predicted molar refractivity (Wildman–Crippen MR) is 72.6 cm³/mol. The lowest BCUT2D eigenvalue weighted by atomic mass is 10.1. The molecule has 0 aliphatic rings. The first-order valence-corrected chi connectivity index (χ1v) is 6.57. The summed E-state index contributed by atoms with van der Waals surface area (Å²) in [6.45, 7) is 4.89. The van der Waals surface area contributed by atoms with Crippen LogP contribution in [0.2, 0.25) is 10.0 Å². The van der Waals surface area contributed by atoms with Crippen LogP contribution in [-0.4, -0.2) is 11.9 Å². The van der Waals surface area contributed by atoms with Crippen molar-refractivity contribution in [3.63, 3.8) is 0 Å². The molecular weight excluding hydrogens is 264 g/mol. The van der Waals surface area contributed by atoms with Crippen LogP contribution < -0.4 is 5.32 Å². The monoisotopic (exact) mass is 279 g/mol. The average Bonchev–Trinajstić information content (AvgIpc) is 2.27. The van der Waals surface area contributed by atoms with Crippen molar-refractivity contribution in [2.75, 3.05) is 5.88 Å². The third kappa shape index (κ3) is 3.81. The Morgan fingerprint density at radius 2 is 1.75 bits per heavy atom. The van der Waals surface area contributed by atoms with Gasteiger partial charge in [0.15, 0.2) is 0 Å². The van der Waals surface area contributed by atoms with Gasteiger partial charge in [0.05, 0.1) is 0 Å². The molecule has 1 aromatic rings. The van der Waals surface area contributed by atoms with Gasteiger partial charge in [0, 0.05) is 34.1 Å². The van der Waals surface area contributed by atoms with Gasteiger partial charge in [-0.3, -0.25) is 0 Å². The molecule has 2 atom stereocenters. The van der Waals surface area contributed by atoms with Gasteiger partial charge in [0.25, 0.3) is 0 Å². The Morgan fingerprint density at radius 3 is 2.25 bits per heavy atom. The lowest BCUT2D eigenvalue weighted by molar-refractivity contribution is 0.430. The molecule has 0 aromatic heterocycles. The van der Waals surface area contributed by atoms with Gasteiger partial charge in [-0.2, -0.15) is 0 Å². The normalized spacial score (nSPS) is 14.8. The Labute approximate surface area is 112 Å². The molecule has 0 saturated carbocycles. The zero-order valence-electron chi connectivity index (χ0n) is 9.43. The molecule has 0 spiro atoms. The predicted octanol–water partition coefficient (Wildman–Crippen LogP) is 4.35. The third-order valence-electron chi connectivity index (χ3n) is 2.76. The number of benzene rings is 1. The van der Waals surface area contributed by atoms with Crippen LogP contribution in [0.4, 0.5) is 0 Å². The summed E-state index contributed by atoms with van der Waals surface area (Å²) in [5.41, 5.74) is 0.944. The van der Waals surface area contributed by atoms with Crippen LogP contribution in [0.3, 0.4) is 0 Å². The molecule has 0 bridgehead atoms. The summed E-state index contributed by atoms with van der Waals surface area (Å²) in [4.78, 5) is 0. The van der Waals surface area contributed by atoms with Crippen molar-refractivity contribution < 1.29 is 0 Å². The van der Waals surface area contributed by atoms with Gasteiger partial charge < -0.3 is 5.32 Å². The van der Waals surface area contributed by atoms with Gasteiger partial charge in [0.1, 0.15) is 0 Å². The van der Waals surface area contributed by atoms with Crippen molar-refractivity contribution in [1.29, 1.82) is 0 Å². The third-order valence-corrected chi connectivity index (χ3v) is 3.95. The number of hydrogen-bond donors (Lipinski definition) is 1. The van der Waals surface area contributed by atoms with Crippen LogP contribution in [0, 0.1) is 5.92 Å². The van der Waals surface area contributed by atoms with E-state index in [0.29, 0.717) is 34.4 Å². The summed E-state index contributed by atoms with van der Waals surface area (Å²) in [6.07, 6.45) is 0. The van der Waals surface area contributed by atoms with Crippen LogP contribution in [-0.2, 0) is 6.54 Å². The van der Waals surface area contributed by atoms with E-state index in [1.807, 2.05) is 18.2 Å². The zero-order chi connectivity index (χ0) is 12.1. The van der Waals surface area contributed by atoms with E-state index in [4.69, 9.17) is 34.8 Å². The smallest absolute Gasteiger partial charge is 0.0465 e. The fourth-order valence-corrected chi connectivity index (χ4v) is 2.10. The fraction of sp³-hybridized carbons (Fsp3) is 0.500. The quantitative estimate of drug-likeness (QED) is 0.791. The van der Waals surface area contributed by atoms with Gasteiger partial charge in [-0.1, -0.05) is 36.2 Å². The van der Waals surface area contributed by atoms with Crippen LogP contribution in [0.15, 0.2) is 18.2 Å². The fourth-order valence-electron chi connectivity index (χ4n) is 1.30. The van der Waals surface area contributed by atoms with E-state index in [0.717, 1.165) is 5.56 Å². The molecule has 1 rings (SSSR count). The Balaban J connectivity index is 2.61. The molecule has 0 amide bonds. The number of rotatable bonds is 5. The summed E-state index contributed by atoms with van der Waals surface area (Å²) in [5.74, 6) is 1.06. The first-order chi connectivity index (χ1) is 7.56. The maximum atomic E-state index is 6.08. The Hall–Kier alpha value is 0.0500. The molecule has 16 heavy (non-hydrogen) atoms. The van der Waals surface area contributed by atoms with Gasteiger partial charge in [-0.05, 0) is 25.0 Å². The summed E-state index contributed by atoms with van der Waals surface area (Å²) < 4.78 is 0. The van der Waals surface area contributed by atoms with E-state index in [1.54, 1.807) is 0 Å². The highest BCUT2D eigenvalue weighted by atomic mass is 35.5. The van der Waals surface area contributed by atoms with Crippen molar-refractivity contribution in [2.45, 2.75) is 26.4 Å². The molecule has 0 fully saturated rings. The van der Waals surface area contributed by atoms with E-state index in [9.17, 15) is 0 Å². The molecule has 0 aliphatic heterocycles. The van der Waals surface area contributed by atoms with E-state index < -0.39 is 0 Å². The second-order valence-electron chi connectivity index (χ2n) is 4.00. The van der Waals surface area contributed by atoms with Crippen molar-refractivity contribution in [1.82, 2.24) is 5.32 Å². The average molecular weight is 281 g/mol. The molecule has 1 aromatic carbocycles. The van der Waals surface area contributed by atoms with Crippen LogP contribution in [0.25, 0.3) is 0 Å². The largest absolute Gasteiger partial charge is 0.310 e. The first kappa shape index (κ1) is 14.1. The highest BCUT2D eigenvalue weighted by Crippen LogP contribution is 2.24. The number of nitrogens with one attached hydrogen (secondary N) is 1. The van der Waals surface area contributed by atoms with Crippen LogP contribution >= 0.6 is 34.8 Å². The Morgan fingerprint density at radius 1 is 1.19 bits per heavy atom. The topological polar surface area (TPSA) is 12.0 Å². The molecule has 2 unspecified atom stereocenters. The molecule has 4 heteroatoms. The molecule has 90 valence electrons. The maximum Gasteiger partial charge on any atom is 0.0465 e. The van der Waals surface area contributed by atoms with Crippen molar-refractivity contribution >= 4 is 34.8 Å². The van der Waals surface area contributed by atoms with Gasteiger partial charge in [-0.15, -0.1) is 11.6 Å². The minimum Gasteiger partial charge on any atom is -0.310 e. The summed E-state index contributed by atoms with van der Waals surface area (Å²) >= 11 is 18.0. The summed E-state index contributed by atoms with van der Waals surface area (Å²) in [6, 6.07) is 5.88. The second kappa shape index (κ2) is 6.70. The Bertz CT molecular complexity index is 321. The van der Waals surface area contributed by atoms with E-state index in [1.165, 1.54) is 0 Å². The number of hydrogen-bond acceptors (Lipinski definition) is 1. The Kier molecular flexibility index (Phi) is 5.91. The summed E-state index contributed by atoms with van der Waals surface area (Å²) in [7, 11) is 0. The molecular formula is C12H16Cl3N. The number of halogens is 3. The lowest BCUT2D eigenvalue weighted by Gasteiger charge is -2.19. The first-order valence-electron chi connectivity index (χ1n) is 5.28. The maximum absolute atomic E-state index is 6.08. The van der Waals surface area contributed by atoms with Crippen molar-refractivity contribution in [3.05, 3.63) is 33.8 Å². The van der Waals surface area contributed by atoms with Crippen molar-refractivity contribution in [2.24, 2.45) is 5.92 Å². The molecule has 0 radical (unpaired) electrons. The molecule has 1 nitrogen and oxygen atoms in total. The lowest BCUT2D eigenvalue weighted by Crippen LogP contribution is -2.32.